The maximum absolute atomic E-state index is 6.56. The maximum atomic E-state index is 6.56. The molecule has 1 nitrogen and oxygen atoms in total. The molecule has 3 heteroatoms. The summed E-state index contributed by atoms with van der Waals surface area (Å²) < 4.78 is 5.65. The van der Waals surface area contributed by atoms with E-state index >= 15 is 0 Å². The quantitative estimate of drug-likeness (QED) is 0.474. The van der Waals surface area contributed by atoms with Crippen LogP contribution in [0.1, 0.15) is 66.7 Å². The molecule has 0 aromatic carbocycles. The van der Waals surface area contributed by atoms with Crippen molar-refractivity contribution >= 4 is 7.85 Å². The van der Waals surface area contributed by atoms with Gasteiger partial charge in [-0.1, -0.05) is 46.6 Å². The molecular weight excluding hydrogens is 320 g/mol. The molecule has 1 saturated heterocycles. The van der Waals surface area contributed by atoms with E-state index in [-0.39, 0.29) is 38.0 Å². The van der Waals surface area contributed by atoms with Crippen molar-refractivity contribution in [2.45, 2.75) is 72.0 Å². The summed E-state index contributed by atoms with van der Waals surface area (Å²) in [6.07, 6.45) is 6.05. The average molecular weight is 351 g/mol. The van der Waals surface area contributed by atoms with Gasteiger partial charge >= 0.3 is 0 Å². The zero-order valence-corrected chi connectivity index (χ0v) is 17.0. The average Bonchev–Trinajstić information content (AvgIpc) is 2.27. The first-order valence-corrected chi connectivity index (χ1v) is 7.82. The third-order valence-corrected chi connectivity index (χ3v) is 4.23. The molecule has 1 aliphatic rings. The van der Waals surface area contributed by atoms with Gasteiger partial charge in [0.2, 0.25) is 0 Å². The zero-order chi connectivity index (χ0) is 14.5. The minimum Gasteiger partial charge on any atom is -0.413 e. The predicted octanol–water partition coefficient (Wildman–Crippen LogP) is 4.77. The Balaban J connectivity index is 0.00000361. The van der Waals surface area contributed by atoms with Crippen LogP contribution in [0, 0.1) is 23.7 Å². The Hall–Kier alpha value is 1.13. The third kappa shape index (κ3) is 7.95. The molecular formula is C17H31BOY-2. The van der Waals surface area contributed by atoms with Crippen molar-refractivity contribution in [1.82, 2.24) is 0 Å². The summed E-state index contributed by atoms with van der Waals surface area (Å²) in [4.78, 5) is 0. The molecule has 0 amide bonds. The van der Waals surface area contributed by atoms with Crippen molar-refractivity contribution in [1.29, 1.82) is 0 Å². The Labute approximate surface area is 153 Å². The van der Waals surface area contributed by atoms with Crippen molar-refractivity contribution < 1.29 is 37.4 Å². The Morgan fingerprint density at radius 3 is 2.65 bits per heavy atom. The fraction of sp³-hybridized carbons (Fsp3) is 0.882. The van der Waals surface area contributed by atoms with E-state index in [0.29, 0.717) is 11.8 Å². The number of ether oxygens (including phenoxy) is 1. The van der Waals surface area contributed by atoms with Gasteiger partial charge in [0.15, 0.2) is 0 Å². The number of rotatable bonds is 7. The minimum absolute atomic E-state index is 0. The van der Waals surface area contributed by atoms with Crippen LogP contribution in [0.4, 0.5) is 0 Å². The molecule has 0 spiro atoms. The van der Waals surface area contributed by atoms with Crippen molar-refractivity contribution in [2.24, 2.45) is 11.8 Å². The van der Waals surface area contributed by atoms with Gasteiger partial charge < -0.3 is 10.7 Å². The summed E-state index contributed by atoms with van der Waals surface area (Å²) in [5.74, 6) is 4.27. The van der Waals surface area contributed by atoms with E-state index in [1.165, 1.54) is 31.1 Å². The van der Waals surface area contributed by atoms with E-state index in [0.717, 1.165) is 26.1 Å². The Morgan fingerprint density at radius 2 is 2.10 bits per heavy atom. The SMILES string of the molecule is [B]C(C)(CC(C)CCC[C-](C)C)[C-]1COCC(C)C1.[Y]. The Kier molecular flexibility index (Phi) is 10.6. The fourth-order valence-electron chi connectivity index (χ4n) is 3.09. The van der Waals surface area contributed by atoms with E-state index in [4.69, 9.17) is 12.6 Å². The summed E-state index contributed by atoms with van der Waals surface area (Å²) in [5, 5.41) is -0.154. The topological polar surface area (TPSA) is 9.23 Å². The van der Waals surface area contributed by atoms with Crippen LogP contribution in [0.2, 0.25) is 5.31 Å². The van der Waals surface area contributed by atoms with Crippen molar-refractivity contribution in [3.05, 3.63) is 11.8 Å². The van der Waals surface area contributed by atoms with E-state index in [2.05, 4.69) is 34.6 Å². The van der Waals surface area contributed by atoms with Crippen LogP contribution in [-0.4, -0.2) is 21.1 Å². The molecule has 3 atom stereocenters. The molecule has 0 N–H and O–H groups in total. The van der Waals surface area contributed by atoms with Crippen LogP contribution in [-0.2, 0) is 37.4 Å². The molecule has 0 aromatic rings. The molecule has 0 saturated carbocycles. The van der Waals surface area contributed by atoms with Crippen molar-refractivity contribution in [3.63, 3.8) is 0 Å². The molecule has 1 fully saturated rings. The van der Waals surface area contributed by atoms with Crippen LogP contribution in [0.15, 0.2) is 0 Å². The second-order valence-electron chi connectivity index (χ2n) is 7.25. The van der Waals surface area contributed by atoms with Gasteiger partial charge in [-0.2, -0.15) is 32.0 Å². The molecule has 20 heavy (non-hydrogen) atoms. The van der Waals surface area contributed by atoms with Gasteiger partial charge in [-0.15, -0.1) is 0 Å². The van der Waals surface area contributed by atoms with E-state index in [9.17, 15) is 0 Å². The molecule has 1 aliphatic heterocycles. The number of hydrogen-bond acceptors (Lipinski definition) is 1. The monoisotopic (exact) mass is 351 g/mol. The largest absolute Gasteiger partial charge is 0.413 e. The summed E-state index contributed by atoms with van der Waals surface area (Å²) in [7, 11) is 6.56. The van der Waals surface area contributed by atoms with Crippen LogP contribution in [0.5, 0.6) is 0 Å². The summed E-state index contributed by atoms with van der Waals surface area (Å²) in [6, 6.07) is 0. The van der Waals surface area contributed by atoms with Crippen LogP contribution >= 0.6 is 0 Å². The van der Waals surface area contributed by atoms with Crippen molar-refractivity contribution in [2.75, 3.05) is 13.2 Å². The number of hydrogen-bond donors (Lipinski definition) is 0. The fourth-order valence-corrected chi connectivity index (χ4v) is 3.09. The summed E-state index contributed by atoms with van der Waals surface area (Å²) in [5.41, 5.74) is 0. The van der Waals surface area contributed by atoms with E-state index in [1.807, 2.05) is 0 Å². The maximum Gasteiger partial charge on any atom is 0.0431 e. The molecule has 0 aliphatic carbocycles. The second kappa shape index (κ2) is 10.0. The van der Waals surface area contributed by atoms with Crippen LogP contribution < -0.4 is 0 Å². The molecule has 0 bridgehead atoms. The molecule has 3 radical (unpaired) electrons. The molecule has 1 heterocycles. The smallest absolute Gasteiger partial charge is 0.0431 e. The van der Waals surface area contributed by atoms with Gasteiger partial charge in [0.1, 0.15) is 0 Å². The third-order valence-electron chi connectivity index (χ3n) is 4.23. The molecule has 113 valence electrons. The molecule has 3 unspecified atom stereocenters. The predicted molar refractivity (Wildman–Crippen MR) is 84.2 cm³/mol. The molecule has 0 aromatic heterocycles. The van der Waals surface area contributed by atoms with Crippen LogP contribution in [0.3, 0.4) is 0 Å². The van der Waals surface area contributed by atoms with Gasteiger partial charge in [-0.05, 0) is 11.8 Å². The van der Waals surface area contributed by atoms with Gasteiger partial charge in [0.25, 0.3) is 0 Å². The summed E-state index contributed by atoms with van der Waals surface area (Å²) in [6.45, 7) is 12.9. The first kappa shape index (κ1) is 21.1. The normalized spacial score (nSPS) is 25.0. The Morgan fingerprint density at radius 1 is 1.45 bits per heavy atom. The summed E-state index contributed by atoms with van der Waals surface area (Å²) >= 11 is 0. The first-order valence-electron chi connectivity index (χ1n) is 7.82. The Bertz CT molecular complexity index is 255. The van der Waals surface area contributed by atoms with Gasteiger partial charge in [0, 0.05) is 47.2 Å². The zero-order valence-electron chi connectivity index (χ0n) is 14.2. The first-order chi connectivity index (χ1) is 8.81. The molecule has 1 rings (SSSR count). The van der Waals surface area contributed by atoms with Crippen molar-refractivity contribution in [3.8, 4) is 0 Å². The van der Waals surface area contributed by atoms with Gasteiger partial charge in [-0.25, -0.2) is 0 Å². The second-order valence-corrected chi connectivity index (χ2v) is 7.25. The standard InChI is InChI=1S/C17H31BO.Y/c1-13(2)7-6-8-14(3)10-17(5,18)16-9-15(4)11-19-12-16;/h14-15H,6-12H2,1-5H3;/q-2;. The van der Waals surface area contributed by atoms with Crippen LogP contribution in [0.25, 0.3) is 0 Å². The van der Waals surface area contributed by atoms with Gasteiger partial charge in [0.05, 0.1) is 0 Å². The van der Waals surface area contributed by atoms with E-state index in [1.54, 1.807) is 0 Å². The minimum atomic E-state index is -0.154. The van der Waals surface area contributed by atoms with E-state index < -0.39 is 0 Å². The van der Waals surface area contributed by atoms with Gasteiger partial charge in [-0.3, -0.25) is 5.92 Å².